The first-order valence-corrected chi connectivity index (χ1v) is 12.5. The van der Waals surface area contributed by atoms with Crippen LogP contribution in [0.25, 0.3) is 31.0 Å². The van der Waals surface area contributed by atoms with Gasteiger partial charge in [-0.25, -0.2) is 14.4 Å². The molecule has 1 aliphatic rings. The Kier molecular flexibility index (Phi) is 4.55. The van der Waals surface area contributed by atoms with Gasteiger partial charge in [0.2, 0.25) is 0 Å². The van der Waals surface area contributed by atoms with Crippen molar-refractivity contribution in [3.8, 4) is 10.6 Å². The van der Waals surface area contributed by atoms with Crippen molar-refractivity contribution in [2.45, 2.75) is 32.1 Å². The van der Waals surface area contributed by atoms with Crippen LogP contribution in [0.5, 0.6) is 0 Å². The molecule has 1 N–H and O–H groups in total. The summed E-state index contributed by atoms with van der Waals surface area (Å²) < 4.78 is 15.7. The highest BCUT2D eigenvalue weighted by Gasteiger charge is 2.24. The first kappa shape index (κ1) is 18.4. The maximum absolute atomic E-state index is 13.6. The van der Waals surface area contributed by atoms with Crippen LogP contribution in [-0.4, -0.2) is 9.97 Å². The summed E-state index contributed by atoms with van der Waals surface area (Å²) in [5, 5.41) is 6.56. The fraction of sp³-hybridized carbons (Fsp3) is 0.217. The third-order valence-electron chi connectivity index (χ3n) is 5.50. The number of fused-ring (bicyclic) bond motifs is 3. The second-order valence-electron chi connectivity index (χ2n) is 7.51. The summed E-state index contributed by atoms with van der Waals surface area (Å²) in [5.74, 6) is -0.226. The van der Waals surface area contributed by atoms with Crippen molar-refractivity contribution in [2.24, 2.45) is 0 Å². The van der Waals surface area contributed by atoms with Gasteiger partial charge in [-0.05, 0) is 61.6 Å². The highest BCUT2D eigenvalue weighted by Crippen LogP contribution is 2.47. The smallest absolute Gasteiger partial charge is 0.188 e. The van der Waals surface area contributed by atoms with Gasteiger partial charge in [-0.2, -0.15) is 0 Å². The number of halogens is 1. The minimum Gasteiger partial charge on any atom is -0.323 e. The monoisotopic (exact) mass is 451 g/mol. The van der Waals surface area contributed by atoms with E-state index in [4.69, 9.17) is 4.98 Å². The molecule has 6 rings (SSSR count). The van der Waals surface area contributed by atoms with Gasteiger partial charge < -0.3 is 5.32 Å². The molecule has 3 aromatic heterocycles. The predicted octanol–water partition coefficient (Wildman–Crippen LogP) is 7.79. The highest BCUT2D eigenvalue weighted by molar-refractivity contribution is 7.24. The maximum Gasteiger partial charge on any atom is 0.188 e. The minimum absolute atomic E-state index is 0.226. The number of hydrogen-bond donors (Lipinski definition) is 1. The Morgan fingerprint density at radius 1 is 0.833 bits per heavy atom. The molecule has 0 amide bonds. The molecule has 0 fully saturated rings. The minimum atomic E-state index is -0.226. The summed E-state index contributed by atoms with van der Waals surface area (Å²) in [6, 6.07) is 13.1. The quantitative estimate of drug-likeness (QED) is 0.285. The van der Waals surface area contributed by atoms with Gasteiger partial charge in [0.05, 0.1) is 20.4 Å². The first-order valence-electron chi connectivity index (χ1n) is 10.1. The van der Waals surface area contributed by atoms with E-state index in [9.17, 15) is 4.39 Å². The zero-order valence-corrected chi connectivity index (χ0v) is 18.5. The van der Waals surface area contributed by atoms with Gasteiger partial charge in [-0.3, -0.25) is 0 Å². The Labute approximate surface area is 185 Å². The number of thiophene rings is 1. The Hall–Kier alpha value is -2.35. The summed E-state index contributed by atoms with van der Waals surface area (Å²) in [6.07, 6.45) is 5.98. The van der Waals surface area contributed by atoms with Crippen LogP contribution in [0, 0.1) is 5.82 Å². The van der Waals surface area contributed by atoms with Crippen molar-refractivity contribution in [1.82, 2.24) is 9.97 Å². The summed E-state index contributed by atoms with van der Waals surface area (Å²) in [7, 11) is 0. The van der Waals surface area contributed by atoms with Crippen molar-refractivity contribution in [1.29, 1.82) is 0 Å². The van der Waals surface area contributed by atoms with Crippen molar-refractivity contribution < 1.29 is 4.39 Å². The molecule has 0 radical (unpaired) electrons. The molecule has 0 saturated heterocycles. The summed E-state index contributed by atoms with van der Waals surface area (Å²) >= 11 is 5.08. The largest absolute Gasteiger partial charge is 0.323 e. The Morgan fingerprint density at radius 3 is 2.63 bits per heavy atom. The third kappa shape index (κ3) is 3.21. The number of rotatable bonds is 3. The Bertz CT molecular complexity index is 1350. The number of aromatic nitrogens is 2. The van der Waals surface area contributed by atoms with Gasteiger partial charge in [0, 0.05) is 10.4 Å². The van der Waals surface area contributed by atoms with Gasteiger partial charge >= 0.3 is 0 Å². The molecular weight excluding hydrogens is 433 g/mol. The molecule has 1 aliphatic carbocycles. The molecule has 0 spiro atoms. The van der Waals surface area contributed by atoms with E-state index in [1.165, 1.54) is 57.4 Å². The summed E-state index contributed by atoms with van der Waals surface area (Å²) in [6.45, 7) is 0. The first-order chi connectivity index (χ1) is 14.7. The Morgan fingerprint density at radius 2 is 1.70 bits per heavy atom. The van der Waals surface area contributed by atoms with Crippen LogP contribution in [0.4, 0.5) is 14.5 Å². The normalized spacial score (nSPS) is 14.2. The average molecular weight is 452 g/mol. The summed E-state index contributed by atoms with van der Waals surface area (Å²) in [5.41, 5.74) is 4.56. The van der Waals surface area contributed by atoms with E-state index in [2.05, 4.69) is 28.5 Å². The van der Waals surface area contributed by atoms with Crippen molar-refractivity contribution in [3.05, 3.63) is 58.7 Å². The number of hydrogen-bond acceptors (Lipinski definition) is 6. The van der Waals surface area contributed by atoms with E-state index in [0.29, 0.717) is 0 Å². The number of thiazole rings is 2. The lowest BCUT2D eigenvalue weighted by Crippen LogP contribution is -1.92. The molecule has 3 nitrogen and oxygen atoms in total. The van der Waals surface area contributed by atoms with E-state index in [1.54, 1.807) is 23.5 Å². The van der Waals surface area contributed by atoms with Crippen molar-refractivity contribution in [3.63, 3.8) is 0 Å². The van der Waals surface area contributed by atoms with Crippen molar-refractivity contribution >= 4 is 64.6 Å². The molecule has 0 aliphatic heterocycles. The molecule has 0 saturated carbocycles. The van der Waals surface area contributed by atoms with Crippen LogP contribution < -0.4 is 5.32 Å². The summed E-state index contributed by atoms with van der Waals surface area (Å²) in [4.78, 5) is 11.1. The molecule has 0 unspecified atom stereocenters. The molecule has 0 atom stereocenters. The Balaban J connectivity index is 1.48. The number of aryl methyl sites for hydroxylation is 1. The molecule has 3 heterocycles. The van der Waals surface area contributed by atoms with Crippen LogP contribution >= 0.6 is 34.0 Å². The average Bonchev–Trinajstić information content (AvgIpc) is 3.38. The zero-order valence-electron chi connectivity index (χ0n) is 16.1. The maximum atomic E-state index is 13.6. The molecule has 2 aromatic carbocycles. The lowest BCUT2D eigenvalue weighted by Gasteiger charge is -2.05. The van der Waals surface area contributed by atoms with E-state index < -0.39 is 0 Å². The number of anilines is 2. The molecule has 150 valence electrons. The SMILES string of the molecule is Fc1ccc2nc(Nc3sc4c(c3-c3nc5ccccc5s3)CCCCC4)sc2c1. The van der Waals surface area contributed by atoms with Gasteiger partial charge in [0.15, 0.2) is 5.13 Å². The second kappa shape index (κ2) is 7.41. The highest BCUT2D eigenvalue weighted by atomic mass is 32.1. The molecular formula is C23H18FN3S3. The molecule has 0 bridgehead atoms. The van der Waals surface area contributed by atoms with E-state index in [1.807, 2.05) is 17.4 Å². The van der Waals surface area contributed by atoms with Gasteiger partial charge in [0.1, 0.15) is 15.8 Å². The van der Waals surface area contributed by atoms with Gasteiger partial charge in [0.25, 0.3) is 0 Å². The van der Waals surface area contributed by atoms with Crippen LogP contribution in [0.3, 0.4) is 0 Å². The van der Waals surface area contributed by atoms with Crippen molar-refractivity contribution in [2.75, 3.05) is 5.32 Å². The standard InChI is InChI=1S/C23H18FN3S3/c24-13-10-11-16-19(12-13)30-23(26-16)27-22-20(14-6-2-1-3-8-17(14)28-22)21-25-15-7-4-5-9-18(15)29-21/h4-5,7,9-12H,1-3,6,8H2,(H,26,27). The fourth-order valence-electron chi connectivity index (χ4n) is 4.09. The molecule has 30 heavy (non-hydrogen) atoms. The number of nitrogens with zero attached hydrogens (tertiary/aromatic N) is 2. The van der Waals surface area contributed by atoms with E-state index in [-0.39, 0.29) is 5.82 Å². The number of nitrogens with one attached hydrogen (secondary N) is 1. The number of benzene rings is 2. The molecule has 5 aromatic rings. The third-order valence-corrected chi connectivity index (χ3v) is 8.69. The second-order valence-corrected chi connectivity index (χ2v) is 10.7. The van der Waals surface area contributed by atoms with Gasteiger partial charge in [-0.1, -0.05) is 29.9 Å². The fourth-order valence-corrected chi connectivity index (χ4v) is 7.44. The lowest BCUT2D eigenvalue weighted by atomic mass is 10.1. The van der Waals surface area contributed by atoms with Crippen LogP contribution in [0.2, 0.25) is 0 Å². The van der Waals surface area contributed by atoms with Gasteiger partial charge in [-0.15, -0.1) is 22.7 Å². The number of para-hydroxylation sites is 1. The topological polar surface area (TPSA) is 37.8 Å². The zero-order chi connectivity index (χ0) is 20.1. The van der Waals surface area contributed by atoms with E-state index in [0.717, 1.165) is 43.7 Å². The predicted molar refractivity (Wildman–Crippen MR) is 127 cm³/mol. The van der Waals surface area contributed by atoms with Crippen LogP contribution in [0.15, 0.2) is 42.5 Å². The van der Waals surface area contributed by atoms with Crippen LogP contribution in [0.1, 0.15) is 29.7 Å². The lowest BCUT2D eigenvalue weighted by molar-refractivity contribution is 0.630. The van der Waals surface area contributed by atoms with Crippen LogP contribution in [-0.2, 0) is 12.8 Å². The van der Waals surface area contributed by atoms with E-state index >= 15 is 0 Å². The molecule has 7 heteroatoms.